The van der Waals surface area contributed by atoms with Crippen molar-refractivity contribution in [2.24, 2.45) is 23.7 Å². The average Bonchev–Trinajstić information content (AvgIpc) is 2.40. The standard InChI is InChI=1S/C74H144O17P2/c1-9-66(7)52-44-36-27-23-19-17-15-13-11-12-14-16-18-20-24-28-40-48-56-73(78)90-70(61-85-72(77)55-47-39-33-31-37-45-53-67(8)10-2)63-89-93(82,83)87-59-68(75)58-86-92(80,81)88-62-69(60-84-71(76)54-46-38-32-30-35-43-51-65(5)6)91-74(79)57-49-41-29-25-21-22-26-34-42-50-64(3)4/h64-70,75H,9-63H2,1-8H3,(H,80,81)(H,82,83)/t66?,67?,68-,69-,70-/m1/s1. The highest BCUT2D eigenvalue weighted by molar-refractivity contribution is 7.47. The van der Waals surface area contributed by atoms with E-state index < -0.39 is 97.5 Å². The summed E-state index contributed by atoms with van der Waals surface area (Å²) >= 11 is 0. The van der Waals surface area contributed by atoms with Crippen LogP contribution in [0.25, 0.3) is 0 Å². The van der Waals surface area contributed by atoms with Crippen LogP contribution in [0.4, 0.5) is 0 Å². The van der Waals surface area contributed by atoms with Gasteiger partial charge < -0.3 is 33.8 Å². The molecular weight excluding hydrogens is 1220 g/mol. The van der Waals surface area contributed by atoms with Gasteiger partial charge >= 0.3 is 39.5 Å². The van der Waals surface area contributed by atoms with Crippen LogP contribution >= 0.6 is 15.6 Å². The van der Waals surface area contributed by atoms with Crippen LogP contribution in [0.15, 0.2) is 0 Å². The van der Waals surface area contributed by atoms with Crippen molar-refractivity contribution in [2.75, 3.05) is 39.6 Å². The van der Waals surface area contributed by atoms with Gasteiger partial charge in [-0.05, 0) is 49.4 Å². The van der Waals surface area contributed by atoms with Crippen molar-refractivity contribution in [3.05, 3.63) is 0 Å². The Bertz CT molecular complexity index is 1840. The molecule has 0 saturated heterocycles. The predicted molar refractivity (Wildman–Crippen MR) is 377 cm³/mol. The molecule has 19 heteroatoms. The van der Waals surface area contributed by atoms with E-state index in [4.69, 9.17) is 37.0 Å². The van der Waals surface area contributed by atoms with Crippen LogP contribution in [-0.4, -0.2) is 96.7 Å². The Kier molecular flexibility index (Phi) is 62.2. The Morgan fingerprint density at radius 3 is 0.763 bits per heavy atom. The normalized spacial score (nSPS) is 14.8. The van der Waals surface area contributed by atoms with Gasteiger partial charge in [-0.3, -0.25) is 37.3 Å². The Hall–Kier alpha value is -1.94. The first-order valence-corrected chi connectivity index (χ1v) is 41.3. The van der Waals surface area contributed by atoms with E-state index in [1.54, 1.807) is 0 Å². The average molecular weight is 1370 g/mol. The van der Waals surface area contributed by atoms with Crippen LogP contribution in [0.3, 0.4) is 0 Å². The number of aliphatic hydroxyl groups excluding tert-OH is 1. The van der Waals surface area contributed by atoms with E-state index in [1.165, 1.54) is 161 Å². The second-order valence-corrected chi connectivity index (χ2v) is 31.0. The van der Waals surface area contributed by atoms with Crippen LogP contribution in [0, 0.1) is 23.7 Å². The number of carbonyl (C=O) groups excluding carboxylic acids is 4. The van der Waals surface area contributed by atoms with Gasteiger partial charge in [0.05, 0.1) is 26.4 Å². The van der Waals surface area contributed by atoms with Gasteiger partial charge in [-0.25, -0.2) is 9.13 Å². The molecule has 0 aliphatic carbocycles. The molecule has 0 saturated carbocycles. The second-order valence-electron chi connectivity index (χ2n) is 28.1. The quantitative estimate of drug-likeness (QED) is 0.0222. The number of aliphatic hydroxyl groups is 1. The van der Waals surface area contributed by atoms with Gasteiger partial charge in [-0.1, -0.05) is 319 Å². The molecule has 0 spiro atoms. The smallest absolute Gasteiger partial charge is 0.462 e. The molecule has 0 aliphatic rings. The molecule has 0 aromatic heterocycles. The number of hydrogen-bond donors (Lipinski definition) is 3. The van der Waals surface area contributed by atoms with E-state index in [0.717, 1.165) is 120 Å². The zero-order chi connectivity index (χ0) is 68.9. The molecule has 3 N–H and O–H groups in total. The maximum Gasteiger partial charge on any atom is 0.472 e. The van der Waals surface area contributed by atoms with E-state index in [2.05, 4.69) is 55.4 Å². The number of ether oxygens (including phenoxy) is 4. The minimum Gasteiger partial charge on any atom is -0.462 e. The fourth-order valence-corrected chi connectivity index (χ4v) is 12.7. The minimum atomic E-state index is -4.96. The van der Waals surface area contributed by atoms with E-state index in [1.807, 2.05) is 0 Å². The number of phosphoric acid groups is 2. The number of phosphoric ester groups is 2. The van der Waals surface area contributed by atoms with Gasteiger partial charge in [0.1, 0.15) is 19.3 Å². The molecule has 0 fully saturated rings. The molecule has 4 unspecified atom stereocenters. The Balaban J connectivity index is 5.15. The van der Waals surface area contributed by atoms with Gasteiger partial charge in [0.2, 0.25) is 0 Å². The lowest BCUT2D eigenvalue weighted by Gasteiger charge is -2.21. The number of rotatable bonds is 71. The third kappa shape index (κ3) is 65.8. The minimum absolute atomic E-state index is 0.104. The molecule has 0 aromatic carbocycles. The van der Waals surface area contributed by atoms with Crippen molar-refractivity contribution >= 4 is 39.5 Å². The van der Waals surface area contributed by atoms with Gasteiger partial charge in [0.15, 0.2) is 12.2 Å². The van der Waals surface area contributed by atoms with Crippen molar-refractivity contribution in [2.45, 2.75) is 388 Å². The Labute approximate surface area is 568 Å². The summed E-state index contributed by atoms with van der Waals surface area (Å²) in [7, 11) is -9.91. The van der Waals surface area contributed by atoms with Crippen LogP contribution in [0.2, 0.25) is 0 Å². The fourth-order valence-electron chi connectivity index (χ4n) is 11.1. The monoisotopic (exact) mass is 1370 g/mol. The molecule has 552 valence electrons. The molecule has 0 bridgehead atoms. The third-order valence-corrected chi connectivity index (χ3v) is 19.7. The molecular formula is C74H144O17P2. The fraction of sp³-hybridized carbons (Fsp3) is 0.946. The summed E-state index contributed by atoms with van der Waals surface area (Å²) in [6.07, 6.45) is 47.5. The number of esters is 4. The van der Waals surface area contributed by atoms with E-state index in [-0.39, 0.29) is 25.7 Å². The highest BCUT2D eigenvalue weighted by Crippen LogP contribution is 2.45. The van der Waals surface area contributed by atoms with Crippen LogP contribution in [-0.2, 0) is 65.4 Å². The highest BCUT2D eigenvalue weighted by Gasteiger charge is 2.30. The first-order valence-electron chi connectivity index (χ1n) is 38.3. The van der Waals surface area contributed by atoms with Crippen LogP contribution < -0.4 is 0 Å². The summed E-state index contributed by atoms with van der Waals surface area (Å²) < 4.78 is 68.3. The Morgan fingerprint density at radius 1 is 0.301 bits per heavy atom. The summed E-state index contributed by atoms with van der Waals surface area (Å²) in [6.45, 7) is 14.1. The molecule has 0 aliphatic heterocycles. The van der Waals surface area contributed by atoms with Crippen LogP contribution in [0.1, 0.15) is 370 Å². The van der Waals surface area contributed by atoms with Crippen molar-refractivity contribution < 1.29 is 80.2 Å². The number of unbranched alkanes of at least 4 members (excludes halogenated alkanes) is 35. The van der Waals surface area contributed by atoms with Crippen molar-refractivity contribution in [1.29, 1.82) is 0 Å². The summed E-state index contributed by atoms with van der Waals surface area (Å²) in [5.74, 6) is 0.889. The SMILES string of the molecule is CCC(C)CCCCCCCCCCCCCCCCCCCCC(=O)O[C@H](COC(=O)CCCCCCCCC(C)CC)COP(=O)(O)OC[C@H](O)COP(=O)(O)OC[C@@H](COC(=O)CCCCCCCCC(C)C)OC(=O)CCCCCCCCCCCC(C)C. The largest absolute Gasteiger partial charge is 0.472 e. The molecule has 93 heavy (non-hydrogen) atoms. The van der Waals surface area contributed by atoms with E-state index >= 15 is 0 Å². The van der Waals surface area contributed by atoms with Crippen LogP contribution in [0.5, 0.6) is 0 Å². The van der Waals surface area contributed by atoms with Gasteiger partial charge in [0.25, 0.3) is 0 Å². The number of carbonyl (C=O) groups is 4. The second kappa shape index (κ2) is 63.5. The molecule has 0 aromatic rings. The highest BCUT2D eigenvalue weighted by atomic mass is 31.2. The first-order chi connectivity index (χ1) is 44.7. The van der Waals surface area contributed by atoms with Crippen molar-refractivity contribution in [3.63, 3.8) is 0 Å². The van der Waals surface area contributed by atoms with Crippen molar-refractivity contribution in [3.8, 4) is 0 Å². The lowest BCUT2D eigenvalue weighted by Crippen LogP contribution is -2.30. The zero-order valence-corrected chi connectivity index (χ0v) is 62.7. The summed E-state index contributed by atoms with van der Waals surface area (Å²) in [4.78, 5) is 72.6. The summed E-state index contributed by atoms with van der Waals surface area (Å²) in [6, 6.07) is 0. The zero-order valence-electron chi connectivity index (χ0n) is 60.9. The molecule has 17 nitrogen and oxygen atoms in total. The molecule has 0 heterocycles. The molecule has 7 atom stereocenters. The third-order valence-electron chi connectivity index (χ3n) is 17.8. The maximum absolute atomic E-state index is 13.0. The lowest BCUT2D eigenvalue weighted by atomic mass is 9.99. The summed E-state index contributed by atoms with van der Waals surface area (Å²) in [5.41, 5.74) is 0. The van der Waals surface area contributed by atoms with Gasteiger partial charge in [0, 0.05) is 25.7 Å². The van der Waals surface area contributed by atoms with E-state index in [9.17, 15) is 43.2 Å². The lowest BCUT2D eigenvalue weighted by molar-refractivity contribution is -0.161. The first kappa shape index (κ1) is 91.1. The Morgan fingerprint density at radius 2 is 0.516 bits per heavy atom. The van der Waals surface area contributed by atoms with Crippen molar-refractivity contribution in [1.82, 2.24) is 0 Å². The molecule has 0 radical (unpaired) electrons. The summed E-state index contributed by atoms with van der Waals surface area (Å²) in [5, 5.41) is 10.6. The predicted octanol–water partition coefficient (Wildman–Crippen LogP) is 21.3. The number of hydrogen-bond acceptors (Lipinski definition) is 15. The topological polar surface area (TPSA) is 237 Å². The van der Waals surface area contributed by atoms with Gasteiger partial charge in [-0.15, -0.1) is 0 Å². The maximum atomic E-state index is 13.0. The molecule has 0 amide bonds. The van der Waals surface area contributed by atoms with Gasteiger partial charge in [-0.2, -0.15) is 0 Å². The molecule has 0 rings (SSSR count). The van der Waals surface area contributed by atoms with E-state index in [0.29, 0.717) is 31.6 Å².